The maximum atomic E-state index is 12.9. The lowest BCUT2D eigenvalue weighted by molar-refractivity contribution is -0.135. The number of ether oxygens (including phenoxy) is 1. The van der Waals surface area contributed by atoms with Gasteiger partial charge in [0.25, 0.3) is 5.89 Å². The first-order valence-electron chi connectivity index (χ1n) is 10.7. The van der Waals surface area contributed by atoms with Crippen molar-refractivity contribution in [3.63, 3.8) is 0 Å². The maximum Gasteiger partial charge on any atom is 0.266 e. The quantitative estimate of drug-likeness (QED) is 0.557. The summed E-state index contributed by atoms with van der Waals surface area (Å²) >= 11 is 0. The molecule has 8 heteroatoms. The van der Waals surface area contributed by atoms with Gasteiger partial charge >= 0.3 is 0 Å². The van der Waals surface area contributed by atoms with Gasteiger partial charge < -0.3 is 23.4 Å². The predicted octanol–water partition coefficient (Wildman–Crippen LogP) is 3.87. The summed E-state index contributed by atoms with van der Waals surface area (Å²) in [6, 6.07) is 13.4. The number of piperidine rings is 1. The molecular formula is C24H26N4O4. The number of carbonyl (C=O) groups is 1. The van der Waals surface area contributed by atoms with E-state index in [1.165, 1.54) is 6.26 Å². The predicted molar refractivity (Wildman–Crippen MR) is 118 cm³/mol. The van der Waals surface area contributed by atoms with Crippen LogP contribution in [0.2, 0.25) is 0 Å². The molecule has 0 saturated carbocycles. The first kappa shape index (κ1) is 21.5. The van der Waals surface area contributed by atoms with Gasteiger partial charge in [-0.15, -0.1) is 0 Å². The van der Waals surface area contributed by atoms with Gasteiger partial charge in [-0.3, -0.25) is 4.79 Å². The van der Waals surface area contributed by atoms with E-state index >= 15 is 0 Å². The topological polar surface area (TPSA) is 95.7 Å². The van der Waals surface area contributed by atoms with E-state index in [1.54, 1.807) is 17.0 Å². The molecule has 166 valence electrons. The van der Waals surface area contributed by atoms with Crippen LogP contribution in [0.15, 0.2) is 51.5 Å². The van der Waals surface area contributed by atoms with Gasteiger partial charge in [0.05, 0.1) is 12.8 Å². The van der Waals surface area contributed by atoms with Crippen molar-refractivity contribution >= 4 is 11.8 Å². The largest absolute Gasteiger partial charge is 0.491 e. The van der Waals surface area contributed by atoms with E-state index in [0.717, 1.165) is 11.3 Å². The number of aryl methyl sites for hydroxylation is 1. The van der Waals surface area contributed by atoms with Crippen LogP contribution < -0.4 is 9.64 Å². The Bertz CT molecular complexity index is 1090. The number of oxazole rings is 1. The lowest BCUT2D eigenvalue weighted by Gasteiger charge is -2.33. The molecule has 1 aromatic carbocycles. The van der Waals surface area contributed by atoms with Crippen molar-refractivity contribution in [2.24, 2.45) is 5.92 Å². The van der Waals surface area contributed by atoms with Crippen molar-refractivity contribution in [3.8, 4) is 23.5 Å². The average molecular weight is 434 g/mol. The number of rotatable bonds is 7. The highest BCUT2D eigenvalue weighted by Gasteiger charge is 2.30. The number of hydrogen-bond acceptors (Lipinski definition) is 7. The molecule has 0 spiro atoms. The molecule has 3 heterocycles. The minimum absolute atomic E-state index is 0.0623. The summed E-state index contributed by atoms with van der Waals surface area (Å²) in [5.74, 6) is 2.10. The van der Waals surface area contributed by atoms with Crippen molar-refractivity contribution in [1.29, 1.82) is 5.26 Å². The standard InChI is InChI=1S/C24H26N4O4/c1-17-6-3-4-7-20(17)31-15-13-27(2)23(29)18-9-11-28(12-10-18)24-19(16-25)26-22(32-24)21-8-5-14-30-21/h3-8,14,18H,9-13,15H2,1-2H3. The van der Waals surface area contributed by atoms with Crippen LogP contribution in [0.4, 0.5) is 5.88 Å². The molecule has 1 aliphatic rings. The van der Waals surface area contributed by atoms with Crippen LogP contribution in [-0.2, 0) is 4.79 Å². The van der Waals surface area contributed by atoms with Crippen LogP contribution in [0, 0.1) is 24.2 Å². The Balaban J connectivity index is 1.30. The molecule has 1 fully saturated rings. The van der Waals surface area contributed by atoms with Crippen LogP contribution in [0.3, 0.4) is 0 Å². The number of para-hydroxylation sites is 1. The third-order valence-corrected chi connectivity index (χ3v) is 5.73. The Kier molecular flexibility index (Phi) is 6.45. The van der Waals surface area contributed by atoms with Crippen LogP contribution in [0.5, 0.6) is 5.75 Å². The summed E-state index contributed by atoms with van der Waals surface area (Å²) in [4.78, 5) is 20.8. The number of aromatic nitrogens is 1. The second-order valence-electron chi connectivity index (χ2n) is 7.90. The van der Waals surface area contributed by atoms with Crippen molar-refractivity contribution in [2.75, 3.05) is 38.2 Å². The van der Waals surface area contributed by atoms with Crippen molar-refractivity contribution in [3.05, 3.63) is 53.9 Å². The van der Waals surface area contributed by atoms with Crippen LogP contribution in [0.1, 0.15) is 24.1 Å². The first-order valence-corrected chi connectivity index (χ1v) is 10.7. The fraction of sp³-hybridized carbons (Fsp3) is 0.375. The van der Waals surface area contributed by atoms with Crippen LogP contribution in [0.25, 0.3) is 11.7 Å². The zero-order chi connectivity index (χ0) is 22.5. The summed E-state index contributed by atoms with van der Waals surface area (Å²) in [7, 11) is 1.82. The number of nitriles is 1. The van der Waals surface area contributed by atoms with E-state index in [1.807, 2.05) is 43.1 Å². The summed E-state index contributed by atoms with van der Waals surface area (Å²) in [5.41, 5.74) is 1.31. The van der Waals surface area contributed by atoms with E-state index in [-0.39, 0.29) is 23.4 Å². The molecule has 1 aliphatic heterocycles. The molecular weight excluding hydrogens is 408 g/mol. The normalized spacial score (nSPS) is 14.2. The van der Waals surface area contributed by atoms with Gasteiger partial charge in [-0.05, 0) is 43.5 Å². The Morgan fingerprint density at radius 3 is 2.75 bits per heavy atom. The van der Waals surface area contributed by atoms with E-state index in [0.29, 0.717) is 50.7 Å². The molecule has 0 unspecified atom stereocenters. The zero-order valence-electron chi connectivity index (χ0n) is 18.3. The highest BCUT2D eigenvalue weighted by molar-refractivity contribution is 5.79. The maximum absolute atomic E-state index is 12.9. The summed E-state index contributed by atoms with van der Waals surface area (Å²) in [5, 5.41) is 9.45. The van der Waals surface area contributed by atoms with Crippen molar-refractivity contribution < 1.29 is 18.4 Å². The lowest BCUT2D eigenvalue weighted by atomic mass is 9.95. The summed E-state index contributed by atoms with van der Waals surface area (Å²) in [6.07, 6.45) is 2.90. The number of hydrogen-bond donors (Lipinski definition) is 0. The number of nitrogens with zero attached hydrogens (tertiary/aromatic N) is 4. The van der Waals surface area contributed by atoms with E-state index in [2.05, 4.69) is 11.1 Å². The molecule has 0 aliphatic carbocycles. The fourth-order valence-electron chi connectivity index (χ4n) is 3.87. The van der Waals surface area contributed by atoms with Gasteiger partial charge in [0, 0.05) is 26.1 Å². The lowest BCUT2D eigenvalue weighted by Crippen LogP contribution is -2.42. The molecule has 4 rings (SSSR count). The Morgan fingerprint density at radius 2 is 2.06 bits per heavy atom. The first-order chi connectivity index (χ1) is 15.6. The molecule has 1 amide bonds. The van der Waals surface area contributed by atoms with E-state index in [9.17, 15) is 10.1 Å². The third kappa shape index (κ3) is 4.62. The molecule has 32 heavy (non-hydrogen) atoms. The third-order valence-electron chi connectivity index (χ3n) is 5.73. The van der Waals surface area contributed by atoms with Crippen LogP contribution in [-0.4, -0.2) is 49.1 Å². The fourth-order valence-corrected chi connectivity index (χ4v) is 3.87. The zero-order valence-corrected chi connectivity index (χ0v) is 18.3. The van der Waals surface area contributed by atoms with Gasteiger partial charge in [0.1, 0.15) is 18.4 Å². The molecule has 3 aromatic rings. The Labute approximate surface area is 187 Å². The van der Waals surface area contributed by atoms with Gasteiger partial charge in [0.15, 0.2) is 5.76 Å². The molecule has 0 radical (unpaired) electrons. The number of benzene rings is 1. The number of carbonyl (C=O) groups excluding carboxylic acids is 1. The van der Waals surface area contributed by atoms with Gasteiger partial charge in [-0.25, -0.2) is 0 Å². The second kappa shape index (κ2) is 9.60. The number of amides is 1. The van der Waals surface area contributed by atoms with Gasteiger partial charge in [-0.2, -0.15) is 10.2 Å². The highest BCUT2D eigenvalue weighted by atomic mass is 16.5. The number of furan rings is 1. The molecule has 0 atom stereocenters. The van der Waals surface area contributed by atoms with E-state index in [4.69, 9.17) is 13.6 Å². The van der Waals surface area contributed by atoms with Crippen molar-refractivity contribution in [2.45, 2.75) is 19.8 Å². The Hall–Kier alpha value is -3.73. The minimum atomic E-state index is -0.0623. The number of likely N-dealkylation sites (N-methyl/N-ethyl adjacent to an activating group) is 1. The number of anilines is 1. The second-order valence-corrected chi connectivity index (χ2v) is 7.90. The SMILES string of the molecule is Cc1ccccc1OCCN(C)C(=O)C1CCN(c2oc(-c3ccco3)nc2C#N)CC1. The monoisotopic (exact) mass is 434 g/mol. The van der Waals surface area contributed by atoms with Gasteiger partial charge in [0.2, 0.25) is 17.5 Å². The molecule has 0 bridgehead atoms. The highest BCUT2D eigenvalue weighted by Crippen LogP contribution is 2.31. The van der Waals surface area contributed by atoms with E-state index < -0.39 is 0 Å². The minimum Gasteiger partial charge on any atom is -0.491 e. The molecule has 0 N–H and O–H groups in total. The smallest absolute Gasteiger partial charge is 0.266 e. The molecule has 1 saturated heterocycles. The van der Waals surface area contributed by atoms with Crippen LogP contribution >= 0.6 is 0 Å². The van der Waals surface area contributed by atoms with Crippen molar-refractivity contribution in [1.82, 2.24) is 9.88 Å². The molecule has 2 aromatic heterocycles. The van der Waals surface area contributed by atoms with Gasteiger partial charge in [-0.1, -0.05) is 18.2 Å². The summed E-state index contributed by atoms with van der Waals surface area (Å²) < 4.78 is 17.0. The molecule has 8 nitrogen and oxygen atoms in total. The summed E-state index contributed by atoms with van der Waals surface area (Å²) in [6.45, 7) is 4.21. The average Bonchev–Trinajstić information content (AvgIpc) is 3.50. The Morgan fingerprint density at radius 1 is 1.28 bits per heavy atom.